The highest BCUT2D eigenvalue weighted by Gasteiger charge is 2.25. The zero-order valence-corrected chi connectivity index (χ0v) is 13.1. The van der Waals surface area contributed by atoms with Crippen LogP contribution in [0.4, 0.5) is 15.8 Å². The van der Waals surface area contributed by atoms with Crippen LogP contribution in [0.5, 0.6) is 5.75 Å². The Hall–Kier alpha value is -2.89. The number of aryl methyl sites for hydroxylation is 1. The molecule has 0 aromatic heterocycles. The van der Waals surface area contributed by atoms with Crippen LogP contribution in [0.25, 0.3) is 0 Å². The first-order valence-electron chi connectivity index (χ1n) is 7.68. The van der Waals surface area contributed by atoms with Gasteiger partial charge in [-0.05, 0) is 43.2 Å². The molecule has 2 amide bonds. The molecule has 1 aliphatic rings. The summed E-state index contributed by atoms with van der Waals surface area (Å²) in [6, 6.07) is 11.2. The van der Waals surface area contributed by atoms with Crippen LogP contribution in [-0.4, -0.2) is 17.9 Å². The Labute approximate surface area is 138 Å². The highest BCUT2D eigenvalue weighted by molar-refractivity contribution is 6.04. The predicted molar refractivity (Wildman–Crippen MR) is 88.5 cm³/mol. The van der Waals surface area contributed by atoms with Crippen molar-refractivity contribution in [3.8, 4) is 5.75 Å². The van der Waals surface area contributed by atoms with Gasteiger partial charge in [0.15, 0.2) is 6.10 Å². The molecule has 2 N–H and O–H groups in total. The highest BCUT2D eigenvalue weighted by Crippen LogP contribution is 2.36. The highest BCUT2D eigenvalue weighted by atomic mass is 19.1. The van der Waals surface area contributed by atoms with Crippen LogP contribution >= 0.6 is 0 Å². The summed E-state index contributed by atoms with van der Waals surface area (Å²) in [4.78, 5) is 23.9. The summed E-state index contributed by atoms with van der Waals surface area (Å²) < 4.78 is 18.4. The van der Waals surface area contributed by atoms with Crippen molar-refractivity contribution in [2.24, 2.45) is 0 Å². The van der Waals surface area contributed by atoms with Gasteiger partial charge in [0.2, 0.25) is 5.91 Å². The van der Waals surface area contributed by atoms with E-state index in [0.29, 0.717) is 23.5 Å². The van der Waals surface area contributed by atoms with E-state index in [4.69, 9.17) is 4.74 Å². The third-order valence-corrected chi connectivity index (χ3v) is 3.78. The fourth-order valence-corrected chi connectivity index (χ4v) is 2.45. The molecular formula is C18H17FN2O3. The second-order valence-electron chi connectivity index (χ2n) is 5.60. The molecule has 24 heavy (non-hydrogen) atoms. The van der Waals surface area contributed by atoms with Crippen LogP contribution < -0.4 is 15.4 Å². The maximum Gasteiger partial charge on any atom is 0.265 e. The molecule has 2 aromatic rings. The van der Waals surface area contributed by atoms with Crippen molar-refractivity contribution < 1.29 is 18.7 Å². The number of nitrogens with one attached hydrogen (secondary N) is 2. The average Bonchev–Trinajstić information content (AvgIpc) is 2.56. The monoisotopic (exact) mass is 328 g/mol. The van der Waals surface area contributed by atoms with E-state index in [1.807, 2.05) is 0 Å². The lowest BCUT2D eigenvalue weighted by molar-refractivity contribution is -0.122. The third kappa shape index (κ3) is 3.53. The summed E-state index contributed by atoms with van der Waals surface area (Å²) in [6.45, 7) is 1.66. The molecule has 0 bridgehead atoms. The second-order valence-corrected chi connectivity index (χ2v) is 5.60. The number of ether oxygens (including phenoxy) is 1. The molecule has 124 valence electrons. The van der Waals surface area contributed by atoms with Crippen molar-refractivity contribution >= 4 is 23.2 Å². The van der Waals surface area contributed by atoms with Gasteiger partial charge in [0.25, 0.3) is 5.91 Å². The van der Waals surface area contributed by atoms with E-state index in [2.05, 4.69) is 10.6 Å². The predicted octanol–water partition coefficient (Wildman–Crippen LogP) is 3.12. The first kappa shape index (κ1) is 16.0. The van der Waals surface area contributed by atoms with E-state index in [-0.39, 0.29) is 24.1 Å². The van der Waals surface area contributed by atoms with Crippen molar-refractivity contribution in [2.45, 2.75) is 25.9 Å². The molecule has 0 saturated carbocycles. The smallest absolute Gasteiger partial charge is 0.265 e. The minimum absolute atomic E-state index is 0.194. The van der Waals surface area contributed by atoms with Crippen molar-refractivity contribution in [3.05, 3.63) is 53.8 Å². The van der Waals surface area contributed by atoms with Crippen LogP contribution in [0.3, 0.4) is 0 Å². The standard InChI is InChI=1S/C18H17FN2O3/c1-11-18(23)21-17-14(3-2-4-15(17)24-11)20-16(22)10-7-12-5-8-13(19)9-6-12/h2-6,8-9,11H,7,10H2,1H3,(H,20,22)(H,21,23). The summed E-state index contributed by atoms with van der Waals surface area (Å²) in [7, 11) is 0. The Morgan fingerprint density at radius 2 is 2.00 bits per heavy atom. The number of anilines is 2. The van der Waals surface area contributed by atoms with Gasteiger partial charge in [0, 0.05) is 6.42 Å². The van der Waals surface area contributed by atoms with Crippen LogP contribution in [0, 0.1) is 5.82 Å². The van der Waals surface area contributed by atoms with Gasteiger partial charge in [-0.1, -0.05) is 18.2 Å². The van der Waals surface area contributed by atoms with Gasteiger partial charge in [-0.3, -0.25) is 9.59 Å². The van der Waals surface area contributed by atoms with E-state index in [9.17, 15) is 14.0 Å². The zero-order chi connectivity index (χ0) is 17.1. The number of hydrogen-bond donors (Lipinski definition) is 2. The molecular weight excluding hydrogens is 311 g/mol. The molecule has 1 unspecified atom stereocenters. The first-order valence-corrected chi connectivity index (χ1v) is 7.68. The van der Waals surface area contributed by atoms with Crippen molar-refractivity contribution in [1.82, 2.24) is 0 Å². The number of rotatable bonds is 4. The fourth-order valence-electron chi connectivity index (χ4n) is 2.45. The topological polar surface area (TPSA) is 67.4 Å². The van der Waals surface area contributed by atoms with Crippen LogP contribution in [0.15, 0.2) is 42.5 Å². The normalized spacial score (nSPS) is 15.9. The SMILES string of the molecule is CC1Oc2cccc(NC(=O)CCc3ccc(F)cc3)c2NC1=O. The Kier molecular flexibility index (Phi) is 4.46. The molecule has 0 aliphatic carbocycles. The van der Waals surface area contributed by atoms with E-state index < -0.39 is 6.10 Å². The molecule has 1 atom stereocenters. The van der Waals surface area contributed by atoms with Crippen LogP contribution in [0.2, 0.25) is 0 Å². The van der Waals surface area contributed by atoms with E-state index in [0.717, 1.165) is 5.56 Å². The number of carbonyl (C=O) groups excluding carboxylic acids is 2. The van der Waals surface area contributed by atoms with Gasteiger partial charge in [-0.2, -0.15) is 0 Å². The van der Waals surface area contributed by atoms with Crippen molar-refractivity contribution in [2.75, 3.05) is 10.6 Å². The molecule has 0 radical (unpaired) electrons. The number of fused-ring (bicyclic) bond motifs is 1. The fraction of sp³-hybridized carbons (Fsp3) is 0.222. The summed E-state index contributed by atoms with van der Waals surface area (Å²) in [5, 5.41) is 5.52. The van der Waals surface area contributed by atoms with Crippen LogP contribution in [0.1, 0.15) is 18.9 Å². The lowest BCUT2D eigenvalue weighted by Crippen LogP contribution is -2.34. The van der Waals surface area contributed by atoms with Gasteiger partial charge in [-0.15, -0.1) is 0 Å². The maximum atomic E-state index is 12.9. The van der Waals surface area contributed by atoms with Gasteiger partial charge in [0.05, 0.1) is 5.69 Å². The number of carbonyl (C=O) groups is 2. The second kappa shape index (κ2) is 6.70. The molecule has 3 rings (SSSR count). The molecule has 0 saturated heterocycles. The van der Waals surface area contributed by atoms with Gasteiger partial charge in [-0.25, -0.2) is 4.39 Å². The largest absolute Gasteiger partial charge is 0.479 e. The summed E-state index contributed by atoms with van der Waals surface area (Å²) >= 11 is 0. The summed E-state index contributed by atoms with van der Waals surface area (Å²) in [6.07, 6.45) is 0.184. The Morgan fingerprint density at radius 1 is 1.25 bits per heavy atom. The van der Waals surface area contributed by atoms with E-state index >= 15 is 0 Å². The van der Waals surface area contributed by atoms with Crippen molar-refractivity contribution in [1.29, 1.82) is 0 Å². The summed E-state index contributed by atoms with van der Waals surface area (Å²) in [5.74, 6) is -0.223. The zero-order valence-electron chi connectivity index (χ0n) is 13.1. The van der Waals surface area contributed by atoms with Gasteiger partial charge < -0.3 is 15.4 Å². The lowest BCUT2D eigenvalue weighted by atomic mass is 10.1. The summed E-state index contributed by atoms with van der Waals surface area (Å²) in [5.41, 5.74) is 1.85. The third-order valence-electron chi connectivity index (χ3n) is 3.78. The van der Waals surface area contributed by atoms with Gasteiger partial charge in [0.1, 0.15) is 17.3 Å². The molecule has 5 nitrogen and oxygen atoms in total. The van der Waals surface area contributed by atoms with E-state index in [1.165, 1.54) is 12.1 Å². The molecule has 1 aliphatic heterocycles. The minimum atomic E-state index is -0.568. The first-order chi connectivity index (χ1) is 11.5. The maximum absolute atomic E-state index is 12.9. The number of para-hydroxylation sites is 1. The average molecular weight is 328 g/mol. The molecule has 0 spiro atoms. The molecule has 1 heterocycles. The van der Waals surface area contributed by atoms with Crippen molar-refractivity contribution in [3.63, 3.8) is 0 Å². The Balaban J connectivity index is 1.66. The minimum Gasteiger partial charge on any atom is -0.479 e. The lowest BCUT2D eigenvalue weighted by Gasteiger charge is -2.25. The number of hydrogen-bond acceptors (Lipinski definition) is 3. The number of amides is 2. The quantitative estimate of drug-likeness (QED) is 0.906. The Morgan fingerprint density at radius 3 is 2.75 bits per heavy atom. The Bertz CT molecular complexity index is 774. The molecule has 6 heteroatoms. The molecule has 0 fully saturated rings. The number of benzene rings is 2. The molecule has 2 aromatic carbocycles. The number of halogens is 1. The van der Waals surface area contributed by atoms with Gasteiger partial charge >= 0.3 is 0 Å². The van der Waals surface area contributed by atoms with E-state index in [1.54, 1.807) is 37.3 Å². The van der Waals surface area contributed by atoms with Crippen LogP contribution in [-0.2, 0) is 16.0 Å².